The van der Waals surface area contributed by atoms with Crippen molar-refractivity contribution in [2.24, 2.45) is 0 Å². The molecular weight excluding hydrogens is 398 g/mol. The van der Waals surface area contributed by atoms with E-state index in [9.17, 15) is 9.59 Å². The van der Waals surface area contributed by atoms with E-state index in [1.165, 1.54) is 23.3 Å². The molecule has 6 nitrogen and oxygen atoms in total. The van der Waals surface area contributed by atoms with Gasteiger partial charge in [-0.05, 0) is 36.8 Å². The molecule has 0 radical (unpaired) electrons. The minimum atomic E-state index is -0.307. The summed E-state index contributed by atoms with van der Waals surface area (Å²) < 4.78 is 6.33. The molecule has 4 rings (SSSR count). The minimum Gasteiger partial charge on any atom is -0.496 e. The van der Waals surface area contributed by atoms with Crippen LogP contribution in [0.4, 0.5) is 5.13 Å². The molecule has 0 unspecified atom stereocenters. The van der Waals surface area contributed by atoms with E-state index < -0.39 is 0 Å². The summed E-state index contributed by atoms with van der Waals surface area (Å²) >= 11 is 7.54. The van der Waals surface area contributed by atoms with Crippen LogP contribution < -0.4 is 9.64 Å². The lowest BCUT2D eigenvalue weighted by atomic mass is 10.2. The molecule has 0 bridgehead atoms. The molecular formula is C20H18ClN3O3S. The number of nitrogens with zero attached hydrogens (tertiary/aromatic N) is 3. The molecule has 2 aromatic carbocycles. The molecule has 0 saturated carbocycles. The summed E-state index contributed by atoms with van der Waals surface area (Å²) in [5, 5.41) is 0.971. The molecule has 0 atom stereocenters. The van der Waals surface area contributed by atoms with Gasteiger partial charge >= 0.3 is 0 Å². The van der Waals surface area contributed by atoms with Crippen LogP contribution in [-0.4, -0.2) is 42.0 Å². The van der Waals surface area contributed by atoms with E-state index in [4.69, 9.17) is 16.3 Å². The second-order valence-electron chi connectivity index (χ2n) is 6.44. The number of carbonyl (C=O) groups is 2. The topological polar surface area (TPSA) is 62.7 Å². The van der Waals surface area contributed by atoms with E-state index in [1.807, 2.05) is 24.3 Å². The summed E-state index contributed by atoms with van der Waals surface area (Å²) in [7, 11) is 1.51. The van der Waals surface area contributed by atoms with Crippen LogP contribution in [0.25, 0.3) is 10.2 Å². The predicted octanol–water partition coefficient (Wildman–Crippen LogP) is 4.19. The summed E-state index contributed by atoms with van der Waals surface area (Å²) in [5.74, 6) is 0.156. The second kappa shape index (κ2) is 7.77. The van der Waals surface area contributed by atoms with Crippen LogP contribution in [0, 0.1) is 0 Å². The number of benzene rings is 2. The second-order valence-corrected chi connectivity index (χ2v) is 7.89. The van der Waals surface area contributed by atoms with Gasteiger partial charge in [-0.3, -0.25) is 14.5 Å². The third-order valence-electron chi connectivity index (χ3n) is 4.63. The van der Waals surface area contributed by atoms with Gasteiger partial charge < -0.3 is 9.64 Å². The Morgan fingerprint density at radius 2 is 2.14 bits per heavy atom. The van der Waals surface area contributed by atoms with Gasteiger partial charge in [0.1, 0.15) is 12.4 Å². The van der Waals surface area contributed by atoms with Crippen molar-refractivity contribution >= 4 is 50.1 Å². The number of hydrogen-bond acceptors (Lipinski definition) is 5. The van der Waals surface area contributed by atoms with Crippen LogP contribution in [0.15, 0.2) is 42.5 Å². The van der Waals surface area contributed by atoms with Crippen LogP contribution in [0.3, 0.4) is 0 Å². The highest BCUT2D eigenvalue weighted by atomic mass is 35.5. The maximum absolute atomic E-state index is 13.5. The quantitative estimate of drug-likeness (QED) is 0.627. The van der Waals surface area contributed by atoms with E-state index in [0.717, 1.165) is 16.6 Å². The molecule has 1 aromatic heterocycles. The largest absolute Gasteiger partial charge is 0.496 e. The van der Waals surface area contributed by atoms with Crippen molar-refractivity contribution in [2.75, 3.05) is 25.2 Å². The molecule has 0 spiro atoms. The van der Waals surface area contributed by atoms with Gasteiger partial charge in [-0.1, -0.05) is 35.1 Å². The number of fused-ring (bicyclic) bond motifs is 1. The van der Waals surface area contributed by atoms with Crippen molar-refractivity contribution in [3.05, 3.63) is 53.1 Å². The lowest BCUT2D eigenvalue weighted by Gasteiger charge is -2.26. The van der Waals surface area contributed by atoms with E-state index in [0.29, 0.717) is 34.4 Å². The molecule has 1 aliphatic rings. The standard InChI is InChI=1S/C20H18ClN3O3S/c1-27-16-9-8-13(21)11-14(16)19(26)24(12-23-10-4-7-18(23)25)20-22-15-5-2-3-6-17(15)28-20/h2-3,5-6,8-9,11H,4,7,10,12H2,1H3. The first-order chi connectivity index (χ1) is 13.6. The average Bonchev–Trinajstić information content (AvgIpc) is 3.31. The van der Waals surface area contributed by atoms with Crippen molar-refractivity contribution in [3.8, 4) is 5.75 Å². The van der Waals surface area contributed by atoms with Crippen molar-refractivity contribution in [1.29, 1.82) is 0 Å². The van der Waals surface area contributed by atoms with Gasteiger partial charge in [-0.2, -0.15) is 0 Å². The zero-order valence-electron chi connectivity index (χ0n) is 15.2. The number of anilines is 1. The normalized spacial score (nSPS) is 13.9. The third kappa shape index (κ3) is 3.55. The zero-order valence-corrected chi connectivity index (χ0v) is 16.8. The number of rotatable bonds is 5. The molecule has 2 amide bonds. The number of para-hydroxylation sites is 1. The van der Waals surface area contributed by atoms with Gasteiger partial charge in [0, 0.05) is 18.0 Å². The van der Waals surface area contributed by atoms with Crippen LogP contribution in [0.2, 0.25) is 5.02 Å². The number of aromatic nitrogens is 1. The molecule has 2 heterocycles. The Hall–Kier alpha value is -2.64. The van der Waals surface area contributed by atoms with Crippen molar-refractivity contribution in [2.45, 2.75) is 12.8 Å². The van der Waals surface area contributed by atoms with Gasteiger partial charge in [0.2, 0.25) is 5.91 Å². The maximum atomic E-state index is 13.5. The molecule has 0 aliphatic carbocycles. The Bertz CT molecular complexity index is 1020. The lowest BCUT2D eigenvalue weighted by Crippen LogP contribution is -2.42. The molecule has 1 saturated heterocycles. The predicted molar refractivity (Wildman–Crippen MR) is 110 cm³/mol. The van der Waals surface area contributed by atoms with Crippen molar-refractivity contribution < 1.29 is 14.3 Å². The average molecular weight is 416 g/mol. The van der Waals surface area contributed by atoms with Crippen LogP contribution >= 0.6 is 22.9 Å². The monoisotopic (exact) mass is 415 g/mol. The summed E-state index contributed by atoms with van der Waals surface area (Å²) in [6.07, 6.45) is 1.30. The van der Waals surface area contributed by atoms with Crippen LogP contribution in [0.1, 0.15) is 23.2 Å². The van der Waals surface area contributed by atoms with Crippen LogP contribution in [-0.2, 0) is 4.79 Å². The Morgan fingerprint density at radius 1 is 1.32 bits per heavy atom. The third-order valence-corrected chi connectivity index (χ3v) is 5.93. The Labute approximate surface area is 171 Å². The number of likely N-dealkylation sites (tertiary alicyclic amines) is 1. The van der Waals surface area contributed by atoms with Gasteiger partial charge in [-0.25, -0.2) is 4.98 Å². The number of halogens is 1. The van der Waals surface area contributed by atoms with Gasteiger partial charge in [0.05, 0.1) is 22.9 Å². The molecule has 8 heteroatoms. The van der Waals surface area contributed by atoms with E-state index >= 15 is 0 Å². The van der Waals surface area contributed by atoms with Crippen molar-refractivity contribution in [3.63, 3.8) is 0 Å². The highest BCUT2D eigenvalue weighted by molar-refractivity contribution is 7.22. The van der Waals surface area contributed by atoms with Gasteiger partial charge in [-0.15, -0.1) is 0 Å². The molecule has 28 heavy (non-hydrogen) atoms. The maximum Gasteiger partial charge on any atom is 0.265 e. The number of hydrogen-bond donors (Lipinski definition) is 0. The van der Waals surface area contributed by atoms with Crippen LogP contribution in [0.5, 0.6) is 5.75 Å². The lowest BCUT2D eigenvalue weighted by molar-refractivity contribution is -0.127. The SMILES string of the molecule is COc1ccc(Cl)cc1C(=O)N(CN1CCCC1=O)c1nc2ccccc2s1. The first kappa shape index (κ1) is 18.7. The molecule has 3 aromatic rings. The molecule has 0 N–H and O–H groups in total. The van der Waals surface area contributed by atoms with E-state index in [-0.39, 0.29) is 18.5 Å². The number of thiazole rings is 1. The van der Waals surface area contributed by atoms with Crippen molar-refractivity contribution in [1.82, 2.24) is 9.88 Å². The Balaban J connectivity index is 1.77. The highest BCUT2D eigenvalue weighted by Gasteiger charge is 2.29. The number of methoxy groups -OCH3 is 1. The van der Waals surface area contributed by atoms with E-state index in [1.54, 1.807) is 23.1 Å². The van der Waals surface area contributed by atoms with Gasteiger partial charge in [0.15, 0.2) is 5.13 Å². The first-order valence-corrected chi connectivity index (χ1v) is 10.0. The fourth-order valence-corrected chi connectivity index (χ4v) is 4.33. The molecule has 144 valence electrons. The number of ether oxygens (including phenoxy) is 1. The van der Waals surface area contributed by atoms with E-state index in [2.05, 4.69) is 4.98 Å². The fourth-order valence-electron chi connectivity index (χ4n) is 3.20. The minimum absolute atomic E-state index is 0.0389. The summed E-state index contributed by atoms with van der Waals surface area (Å²) in [5.41, 5.74) is 1.15. The highest BCUT2D eigenvalue weighted by Crippen LogP contribution is 2.32. The first-order valence-electron chi connectivity index (χ1n) is 8.85. The zero-order chi connectivity index (χ0) is 19.7. The molecule has 1 fully saturated rings. The summed E-state index contributed by atoms with van der Waals surface area (Å²) in [4.78, 5) is 33.5. The number of amides is 2. The Morgan fingerprint density at radius 3 is 2.86 bits per heavy atom. The summed E-state index contributed by atoms with van der Waals surface area (Å²) in [6, 6.07) is 12.6. The molecule has 1 aliphatic heterocycles. The smallest absolute Gasteiger partial charge is 0.265 e. The van der Waals surface area contributed by atoms with Gasteiger partial charge in [0.25, 0.3) is 5.91 Å². The fraction of sp³-hybridized carbons (Fsp3) is 0.250. The summed E-state index contributed by atoms with van der Waals surface area (Å²) in [6.45, 7) is 0.771. The number of carbonyl (C=O) groups excluding carboxylic acids is 2. The Kier molecular flexibility index (Phi) is 5.19.